The lowest BCUT2D eigenvalue weighted by Gasteiger charge is -1.97. The number of nitrogens with zero attached hydrogens (tertiary/aromatic N) is 2. The Morgan fingerprint density at radius 1 is 1.44 bits per heavy atom. The van der Waals surface area contributed by atoms with Gasteiger partial charge in [-0.3, -0.25) is 9.78 Å². The van der Waals surface area contributed by atoms with Gasteiger partial charge in [-0.1, -0.05) is 0 Å². The van der Waals surface area contributed by atoms with Crippen LogP contribution < -0.4 is 5.56 Å². The number of aliphatic imine (C=N–C) groups is 1. The molecule has 0 aromatic carbocycles. The Labute approximate surface area is 115 Å². The number of aromatic nitrogens is 3. The van der Waals surface area contributed by atoms with Crippen LogP contribution in [0, 0.1) is 4.77 Å². The Morgan fingerprint density at radius 2 is 2.22 bits per heavy atom. The smallest absolute Gasteiger partial charge is 0.264 e. The summed E-state index contributed by atoms with van der Waals surface area (Å²) in [5, 5.41) is 9.53. The van der Waals surface area contributed by atoms with Crippen LogP contribution in [0.1, 0.15) is 5.56 Å². The fourth-order valence-electron chi connectivity index (χ4n) is 1.18. The molecule has 0 aliphatic heterocycles. The molecule has 8 heteroatoms. The zero-order valence-electron chi connectivity index (χ0n) is 8.85. The van der Waals surface area contributed by atoms with Gasteiger partial charge in [-0.25, -0.2) is 9.98 Å². The van der Waals surface area contributed by atoms with E-state index in [4.69, 9.17) is 12.2 Å². The number of hydrogen-bond donors (Lipinski definition) is 3. The standard InChI is InChI=1S/C10H7BrN4O2S/c11-5-1-2-7(12-3-5)13-4-6-8(16)14-10(18)15-9(6)17/h1-4H,(H3,14,15,16,17,18). The normalized spacial score (nSPS) is 10.9. The molecule has 0 amide bonds. The van der Waals surface area contributed by atoms with E-state index in [2.05, 4.69) is 35.9 Å². The molecular formula is C10H7BrN4O2S. The summed E-state index contributed by atoms with van der Waals surface area (Å²) < 4.78 is 0.877. The Hall–Kier alpha value is -1.80. The molecule has 0 saturated heterocycles. The highest BCUT2D eigenvalue weighted by Gasteiger charge is 2.04. The van der Waals surface area contributed by atoms with Gasteiger partial charge in [0.2, 0.25) is 5.88 Å². The Bertz CT molecular complexity index is 705. The number of rotatable bonds is 2. The maximum atomic E-state index is 11.5. The minimum Gasteiger partial charge on any atom is -0.494 e. The fourth-order valence-corrected chi connectivity index (χ4v) is 1.60. The first-order valence-electron chi connectivity index (χ1n) is 4.77. The summed E-state index contributed by atoms with van der Waals surface area (Å²) in [6, 6.07) is 3.43. The molecular weight excluding hydrogens is 320 g/mol. The lowest BCUT2D eigenvalue weighted by molar-refractivity contribution is 0.449. The summed E-state index contributed by atoms with van der Waals surface area (Å²) in [5.41, 5.74) is -0.523. The second-order valence-corrected chi connectivity index (χ2v) is 4.59. The average molecular weight is 327 g/mol. The highest BCUT2D eigenvalue weighted by atomic mass is 79.9. The highest BCUT2D eigenvalue weighted by molar-refractivity contribution is 9.10. The van der Waals surface area contributed by atoms with E-state index in [0.717, 1.165) is 4.47 Å². The van der Waals surface area contributed by atoms with Gasteiger partial charge in [0.25, 0.3) is 5.56 Å². The molecule has 0 aliphatic rings. The zero-order chi connectivity index (χ0) is 13.1. The Balaban J connectivity index is 2.38. The van der Waals surface area contributed by atoms with Crippen LogP contribution in [0.2, 0.25) is 0 Å². The number of pyridine rings is 1. The Morgan fingerprint density at radius 3 is 2.83 bits per heavy atom. The number of aromatic hydroxyl groups is 1. The minimum atomic E-state index is -0.517. The second-order valence-electron chi connectivity index (χ2n) is 3.26. The van der Waals surface area contributed by atoms with Crippen LogP contribution >= 0.6 is 28.1 Å². The van der Waals surface area contributed by atoms with Gasteiger partial charge in [0, 0.05) is 16.9 Å². The van der Waals surface area contributed by atoms with E-state index in [1.54, 1.807) is 18.3 Å². The van der Waals surface area contributed by atoms with Crippen LogP contribution in [0.3, 0.4) is 0 Å². The van der Waals surface area contributed by atoms with E-state index in [1.165, 1.54) is 6.21 Å². The lowest BCUT2D eigenvalue weighted by Crippen LogP contribution is -2.13. The number of hydrogen-bond acceptors (Lipinski definition) is 5. The van der Waals surface area contributed by atoms with Crippen molar-refractivity contribution in [3.63, 3.8) is 0 Å². The highest BCUT2D eigenvalue weighted by Crippen LogP contribution is 2.13. The van der Waals surface area contributed by atoms with Crippen LogP contribution in [-0.2, 0) is 0 Å². The quantitative estimate of drug-likeness (QED) is 0.581. The molecule has 0 saturated carbocycles. The van der Waals surface area contributed by atoms with E-state index in [0.29, 0.717) is 5.82 Å². The van der Waals surface area contributed by atoms with E-state index >= 15 is 0 Å². The van der Waals surface area contributed by atoms with Crippen molar-refractivity contribution in [2.75, 3.05) is 0 Å². The summed E-state index contributed by atoms with van der Waals surface area (Å²) in [6.07, 6.45) is 2.80. The first-order chi connectivity index (χ1) is 8.56. The molecule has 6 nitrogen and oxygen atoms in total. The summed E-state index contributed by atoms with van der Waals surface area (Å²) in [7, 11) is 0. The molecule has 0 aliphatic carbocycles. The van der Waals surface area contributed by atoms with Crippen LogP contribution in [0.15, 0.2) is 32.6 Å². The van der Waals surface area contributed by atoms with Crippen molar-refractivity contribution in [2.45, 2.75) is 0 Å². The molecule has 0 atom stereocenters. The number of nitrogens with one attached hydrogen (secondary N) is 2. The third kappa shape index (κ3) is 2.90. The summed E-state index contributed by atoms with van der Waals surface area (Å²) in [5.74, 6) is 0.0871. The fraction of sp³-hybridized carbons (Fsp3) is 0. The molecule has 2 aromatic heterocycles. The molecule has 2 rings (SSSR count). The zero-order valence-corrected chi connectivity index (χ0v) is 11.2. The van der Waals surface area contributed by atoms with Crippen molar-refractivity contribution in [1.82, 2.24) is 15.0 Å². The second kappa shape index (κ2) is 5.23. The molecule has 92 valence electrons. The number of H-pyrrole nitrogens is 2. The summed E-state index contributed by atoms with van der Waals surface area (Å²) in [6.45, 7) is 0. The van der Waals surface area contributed by atoms with Crippen LogP contribution in [0.5, 0.6) is 5.88 Å². The summed E-state index contributed by atoms with van der Waals surface area (Å²) in [4.78, 5) is 24.3. The van der Waals surface area contributed by atoms with E-state index < -0.39 is 5.56 Å². The maximum absolute atomic E-state index is 11.5. The van der Waals surface area contributed by atoms with Crippen molar-refractivity contribution in [1.29, 1.82) is 0 Å². The van der Waals surface area contributed by atoms with Gasteiger partial charge in [-0.15, -0.1) is 0 Å². The van der Waals surface area contributed by atoms with E-state index in [-0.39, 0.29) is 16.2 Å². The monoisotopic (exact) mass is 326 g/mol. The van der Waals surface area contributed by atoms with Gasteiger partial charge in [-0.05, 0) is 40.3 Å². The van der Waals surface area contributed by atoms with Gasteiger partial charge in [0.1, 0.15) is 5.56 Å². The predicted octanol–water partition coefficient (Wildman–Crippen LogP) is 2.05. The van der Waals surface area contributed by atoms with E-state index in [9.17, 15) is 9.90 Å². The van der Waals surface area contributed by atoms with Crippen molar-refractivity contribution in [2.24, 2.45) is 4.99 Å². The molecule has 3 N–H and O–H groups in total. The van der Waals surface area contributed by atoms with E-state index in [1.807, 2.05) is 0 Å². The van der Waals surface area contributed by atoms with Crippen LogP contribution in [-0.4, -0.2) is 26.3 Å². The third-order valence-electron chi connectivity index (χ3n) is 2.00. The van der Waals surface area contributed by atoms with Gasteiger partial charge in [0.05, 0.1) is 0 Å². The van der Waals surface area contributed by atoms with Crippen molar-refractivity contribution in [3.05, 3.63) is 43.5 Å². The average Bonchev–Trinajstić information content (AvgIpc) is 2.30. The first kappa shape index (κ1) is 12.7. The lowest BCUT2D eigenvalue weighted by atomic mass is 10.3. The van der Waals surface area contributed by atoms with Crippen molar-refractivity contribution < 1.29 is 5.11 Å². The van der Waals surface area contributed by atoms with Gasteiger partial charge >= 0.3 is 0 Å². The molecule has 0 unspecified atom stereocenters. The molecule has 2 aromatic rings. The molecule has 0 fully saturated rings. The largest absolute Gasteiger partial charge is 0.494 e. The topological polar surface area (TPSA) is 94.1 Å². The molecule has 0 bridgehead atoms. The molecule has 0 spiro atoms. The molecule has 2 heterocycles. The maximum Gasteiger partial charge on any atom is 0.264 e. The predicted molar refractivity (Wildman–Crippen MR) is 73.1 cm³/mol. The van der Waals surface area contributed by atoms with Crippen LogP contribution in [0.25, 0.3) is 0 Å². The van der Waals surface area contributed by atoms with Crippen molar-refractivity contribution in [3.8, 4) is 5.88 Å². The Kier molecular flexibility index (Phi) is 3.68. The third-order valence-corrected chi connectivity index (χ3v) is 2.67. The molecule has 18 heavy (non-hydrogen) atoms. The minimum absolute atomic E-state index is 0.00619. The van der Waals surface area contributed by atoms with Gasteiger partial charge in [-0.2, -0.15) is 0 Å². The van der Waals surface area contributed by atoms with Gasteiger partial charge < -0.3 is 10.1 Å². The molecule has 0 radical (unpaired) electrons. The SMILES string of the molecule is O=c1[nH]c(=S)[nH]c(O)c1C=Nc1ccc(Br)cn1. The number of aromatic amines is 2. The van der Waals surface area contributed by atoms with Crippen LogP contribution in [0.4, 0.5) is 5.82 Å². The first-order valence-corrected chi connectivity index (χ1v) is 5.97. The van der Waals surface area contributed by atoms with Crippen molar-refractivity contribution >= 4 is 40.2 Å². The summed E-state index contributed by atoms with van der Waals surface area (Å²) >= 11 is 7.95. The van der Waals surface area contributed by atoms with Gasteiger partial charge in [0.15, 0.2) is 10.6 Å². The number of halogens is 1.